The van der Waals surface area contributed by atoms with E-state index in [1.54, 1.807) is 0 Å². The first-order valence-electron chi connectivity index (χ1n) is 4.26. The smallest absolute Gasteiger partial charge is 0.0841 e. The van der Waals surface area contributed by atoms with E-state index >= 15 is 0 Å². The van der Waals surface area contributed by atoms with Crippen molar-refractivity contribution >= 4 is 0 Å². The molecule has 1 aromatic rings. The van der Waals surface area contributed by atoms with Crippen molar-refractivity contribution < 1.29 is 0 Å². The van der Waals surface area contributed by atoms with Crippen LogP contribution in [-0.2, 0) is 5.41 Å². The summed E-state index contributed by atoms with van der Waals surface area (Å²) >= 11 is 0. The van der Waals surface area contributed by atoms with Crippen LogP contribution in [0.2, 0.25) is 0 Å². The van der Waals surface area contributed by atoms with Crippen LogP contribution in [0.3, 0.4) is 0 Å². The Hall–Kier alpha value is -1.23. The van der Waals surface area contributed by atoms with E-state index in [0.717, 1.165) is 24.2 Å². The molecule has 1 aliphatic carbocycles. The van der Waals surface area contributed by atoms with Crippen LogP contribution in [-0.4, -0.2) is 4.98 Å². The third-order valence-electron chi connectivity index (χ3n) is 2.63. The van der Waals surface area contributed by atoms with Crippen molar-refractivity contribution in [3.8, 4) is 6.07 Å². The number of aromatic amines is 1. The highest BCUT2D eigenvalue weighted by atomic mass is 14.7. The summed E-state index contributed by atoms with van der Waals surface area (Å²) in [5.74, 6) is 0. The van der Waals surface area contributed by atoms with Gasteiger partial charge in [0.15, 0.2) is 0 Å². The summed E-state index contributed by atoms with van der Waals surface area (Å²) in [6, 6.07) is 4.51. The largest absolute Gasteiger partial charge is 0.362 e. The maximum Gasteiger partial charge on any atom is 0.0841 e. The van der Waals surface area contributed by atoms with Crippen molar-refractivity contribution in [2.75, 3.05) is 0 Å². The van der Waals surface area contributed by atoms with Crippen molar-refractivity contribution in [3.63, 3.8) is 0 Å². The Kier molecular flexibility index (Phi) is 1.32. The zero-order valence-corrected chi connectivity index (χ0v) is 7.44. The van der Waals surface area contributed by atoms with Crippen LogP contribution in [0.5, 0.6) is 0 Å². The number of aryl methyl sites for hydroxylation is 2. The number of rotatable bonds is 1. The Morgan fingerprint density at radius 1 is 1.50 bits per heavy atom. The van der Waals surface area contributed by atoms with Gasteiger partial charge in [-0.2, -0.15) is 5.26 Å². The first-order valence-corrected chi connectivity index (χ1v) is 4.26. The van der Waals surface area contributed by atoms with Crippen LogP contribution in [0.4, 0.5) is 0 Å². The Bertz CT molecular complexity index is 350. The lowest BCUT2D eigenvalue weighted by molar-refractivity contribution is 0.895. The van der Waals surface area contributed by atoms with Gasteiger partial charge in [0.2, 0.25) is 0 Å². The fourth-order valence-electron chi connectivity index (χ4n) is 1.79. The molecule has 12 heavy (non-hydrogen) atoms. The van der Waals surface area contributed by atoms with Crippen molar-refractivity contribution in [2.24, 2.45) is 0 Å². The van der Waals surface area contributed by atoms with Crippen molar-refractivity contribution in [1.29, 1.82) is 5.26 Å². The Labute approximate surface area is 72.2 Å². The number of nitriles is 1. The summed E-state index contributed by atoms with van der Waals surface area (Å²) in [6.07, 6.45) is 2.06. The van der Waals surface area contributed by atoms with Gasteiger partial charge in [0.1, 0.15) is 0 Å². The number of hydrogen-bond donors (Lipinski definition) is 1. The second kappa shape index (κ2) is 2.13. The van der Waals surface area contributed by atoms with E-state index in [9.17, 15) is 0 Å². The molecule has 1 aromatic heterocycles. The highest BCUT2D eigenvalue weighted by Gasteiger charge is 2.46. The van der Waals surface area contributed by atoms with Crippen molar-refractivity contribution in [2.45, 2.75) is 32.1 Å². The number of aromatic nitrogens is 1. The molecule has 62 valence electrons. The molecule has 2 nitrogen and oxygen atoms in total. The highest BCUT2D eigenvalue weighted by molar-refractivity contribution is 5.43. The molecule has 0 spiro atoms. The molecule has 1 N–H and O–H groups in total. The lowest BCUT2D eigenvalue weighted by Gasteiger charge is -2.02. The first kappa shape index (κ1) is 7.42. The van der Waals surface area contributed by atoms with E-state index in [-0.39, 0.29) is 5.41 Å². The van der Waals surface area contributed by atoms with Gasteiger partial charge in [-0.05, 0) is 38.3 Å². The fraction of sp³-hybridized carbons (Fsp3) is 0.500. The molecule has 1 saturated carbocycles. The van der Waals surface area contributed by atoms with Gasteiger partial charge in [0.25, 0.3) is 0 Å². The van der Waals surface area contributed by atoms with Crippen molar-refractivity contribution in [3.05, 3.63) is 23.0 Å². The minimum Gasteiger partial charge on any atom is -0.362 e. The topological polar surface area (TPSA) is 39.6 Å². The SMILES string of the molecule is Cc1cc(C2(C#N)CC2)c(C)[nH]1. The predicted octanol–water partition coefficient (Wildman–Crippen LogP) is 2.19. The van der Waals surface area contributed by atoms with Crippen LogP contribution in [0.15, 0.2) is 6.07 Å². The highest BCUT2D eigenvalue weighted by Crippen LogP contribution is 2.48. The molecule has 0 bridgehead atoms. The molecule has 0 unspecified atom stereocenters. The number of H-pyrrole nitrogens is 1. The molecule has 0 amide bonds. The van der Waals surface area contributed by atoms with E-state index in [4.69, 9.17) is 5.26 Å². The molecular formula is C10H12N2. The average molecular weight is 160 g/mol. The van der Waals surface area contributed by atoms with Gasteiger partial charge in [-0.1, -0.05) is 0 Å². The van der Waals surface area contributed by atoms with E-state index in [2.05, 4.69) is 17.1 Å². The molecule has 2 rings (SSSR count). The van der Waals surface area contributed by atoms with Crippen LogP contribution >= 0.6 is 0 Å². The molecule has 1 aliphatic rings. The predicted molar refractivity (Wildman–Crippen MR) is 46.8 cm³/mol. The lowest BCUT2D eigenvalue weighted by Crippen LogP contribution is -2.02. The van der Waals surface area contributed by atoms with Crippen molar-refractivity contribution in [1.82, 2.24) is 4.98 Å². The second-order valence-electron chi connectivity index (χ2n) is 3.68. The number of nitrogens with zero attached hydrogens (tertiary/aromatic N) is 1. The van der Waals surface area contributed by atoms with Gasteiger partial charge in [-0.25, -0.2) is 0 Å². The van der Waals surface area contributed by atoms with Gasteiger partial charge < -0.3 is 4.98 Å². The summed E-state index contributed by atoms with van der Waals surface area (Å²) in [5.41, 5.74) is 3.40. The minimum absolute atomic E-state index is 0.130. The Balaban J connectivity index is 2.48. The Morgan fingerprint density at radius 2 is 2.17 bits per heavy atom. The molecule has 0 aliphatic heterocycles. The second-order valence-corrected chi connectivity index (χ2v) is 3.68. The van der Waals surface area contributed by atoms with Gasteiger partial charge in [0, 0.05) is 11.4 Å². The summed E-state index contributed by atoms with van der Waals surface area (Å²) in [7, 11) is 0. The van der Waals surface area contributed by atoms with Crippen LogP contribution in [0.1, 0.15) is 29.8 Å². The Morgan fingerprint density at radius 3 is 2.50 bits per heavy atom. The fourth-order valence-corrected chi connectivity index (χ4v) is 1.79. The maximum absolute atomic E-state index is 8.98. The summed E-state index contributed by atoms with van der Waals surface area (Å²) in [6.45, 7) is 4.07. The van der Waals surface area contributed by atoms with Gasteiger partial charge in [-0.15, -0.1) is 0 Å². The molecule has 1 fully saturated rings. The zero-order valence-electron chi connectivity index (χ0n) is 7.44. The number of hydrogen-bond acceptors (Lipinski definition) is 1. The molecule has 0 saturated heterocycles. The molecular weight excluding hydrogens is 148 g/mol. The summed E-state index contributed by atoms with van der Waals surface area (Å²) < 4.78 is 0. The van der Waals surface area contributed by atoms with Crippen LogP contribution < -0.4 is 0 Å². The summed E-state index contributed by atoms with van der Waals surface area (Å²) in [5, 5.41) is 8.98. The molecule has 0 atom stereocenters. The molecule has 0 aromatic carbocycles. The third-order valence-corrected chi connectivity index (χ3v) is 2.63. The maximum atomic E-state index is 8.98. The van der Waals surface area contributed by atoms with Crippen LogP contribution in [0.25, 0.3) is 0 Å². The average Bonchev–Trinajstić information content (AvgIpc) is 2.74. The van der Waals surface area contributed by atoms with Gasteiger partial charge in [-0.3, -0.25) is 0 Å². The first-order chi connectivity index (χ1) is 5.68. The van der Waals surface area contributed by atoms with Crippen LogP contribution in [0, 0.1) is 25.2 Å². The van der Waals surface area contributed by atoms with Gasteiger partial charge in [0.05, 0.1) is 11.5 Å². The standard InChI is InChI=1S/C10H12N2/c1-7-5-9(8(2)12-7)10(6-11)3-4-10/h5,12H,3-4H2,1-2H3. The van der Waals surface area contributed by atoms with E-state index in [1.807, 2.05) is 13.8 Å². The molecule has 2 heteroatoms. The van der Waals surface area contributed by atoms with E-state index in [0.29, 0.717) is 0 Å². The van der Waals surface area contributed by atoms with Gasteiger partial charge >= 0.3 is 0 Å². The quantitative estimate of drug-likeness (QED) is 0.672. The summed E-state index contributed by atoms with van der Waals surface area (Å²) in [4.78, 5) is 3.24. The van der Waals surface area contributed by atoms with E-state index in [1.165, 1.54) is 5.56 Å². The monoisotopic (exact) mass is 160 g/mol. The van der Waals surface area contributed by atoms with E-state index < -0.39 is 0 Å². The number of nitrogens with one attached hydrogen (secondary N) is 1. The molecule has 1 heterocycles. The zero-order chi connectivity index (χ0) is 8.77. The normalized spacial score (nSPS) is 18.8. The minimum atomic E-state index is -0.130. The lowest BCUT2D eigenvalue weighted by atomic mass is 9.98. The third kappa shape index (κ3) is 0.863. The molecule has 0 radical (unpaired) electrons.